The van der Waals surface area contributed by atoms with Gasteiger partial charge in [-0.1, -0.05) is 6.07 Å². The number of hydrogen-bond donors (Lipinski definition) is 2. The summed E-state index contributed by atoms with van der Waals surface area (Å²) in [7, 11) is 1.54. The summed E-state index contributed by atoms with van der Waals surface area (Å²) in [4.78, 5) is 0. The molecule has 2 saturated carbocycles. The van der Waals surface area contributed by atoms with E-state index >= 15 is 0 Å². The number of rotatable bonds is 4. The number of nitrogens with one attached hydrogen (secondary N) is 1. The number of hydrazine groups is 1. The lowest BCUT2D eigenvalue weighted by atomic mass is 9.89. The molecule has 3 rings (SSSR count). The topological polar surface area (TPSA) is 47.3 Å². The van der Waals surface area contributed by atoms with E-state index in [0.29, 0.717) is 17.2 Å². The molecule has 18 heavy (non-hydrogen) atoms. The Kier molecular flexibility index (Phi) is 2.99. The number of nitrogens with two attached hydrogens (primary N) is 1. The molecule has 98 valence electrons. The van der Waals surface area contributed by atoms with Crippen LogP contribution in [0.5, 0.6) is 5.75 Å². The molecule has 2 aliphatic rings. The minimum atomic E-state index is -0.238. The monoisotopic (exact) mass is 250 g/mol. The quantitative estimate of drug-likeness (QED) is 0.637. The predicted molar refractivity (Wildman–Crippen MR) is 67.3 cm³/mol. The standard InChI is InChI=1S/C14H19FN2O/c1-18-11-2-3-12(13(15)7-11)14(17-16)10-5-8-4-9(8)6-10/h2-3,7-10,14,17H,4-6,16H2,1H3. The highest BCUT2D eigenvalue weighted by Crippen LogP contribution is 2.57. The third-order valence-electron chi connectivity index (χ3n) is 4.47. The van der Waals surface area contributed by atoms with Gasteiger partial charge in [0.2, 0.25) is 0 Å². The first kappa shape index (κ1) is 11.9. The fourth-order valence-electron chi connectivity index (χ4n) is 3.40. The van der Waals surface area contributed by atoms with Crippen molar-refractivity contribution in [1.82, 2.24) is 5.43 Å². The van der Waals surface area contributed by atoms with Crippen LogP contribution in [0.15, 0.2) is 18.2 Å². The van der Waals surface area contributed by atoms with Gasteiger partial charge >= 0.3 is 0 Å². The van der Waals surface area contributed by atoms with E-state index in [1.807, 2.05) is 0 Å². The van der Waals surface area contributed by atoms with Crippen molar-refractivity contribution in [3.63, 3.8) is 0 Å². The van der Waals surface area contributed by atoms with Gasteiger partial charge in [-0.15, -0.1) is 0 Å². The van der Waals surface area contributed by atoms with Crippen molar-refractivity contribution >= 4 is 0 Å². The molecule has 0 saturated heterocycles. The second-order valence-corrected chi connectivity index (χ2v) is 5.52. The lowest BCUT2D eigenvalue weighted by Crippen LogP contribution is -2.33. The molecular formula is C14H19FN2O. The van der Waals surface area contributed by atoms with Crippen LogP contribution < -0.4 is 16.0 Å². The number of halogens is 1. The molecule has 0 spiro atoms. The van der Waals surface area contributed by atoms with E-state index in [0.717, 1.165) is 11.8 Å². The summed E-state index contributed by atoms with van der Waals surface area (Å²) in [6, 6.07) is 4.92. The Bertz CT molecular complexity index is 441. The van der Waals surface area contributed by atoms with Gasteiger partial charge in [-0.05, 0) is 43.1 Å². The Balaban J connectivity index is 1.82. The van der Waals surface area contributed by atoms with Crippen molar-refractivity contribution in [2.75, 3.05) is 7.11 Å². The van der Waals surface area contributed by atoms with Crippen LogP contribution >= 0.6 is 0 Å². The third-order valence-corrected chi connectivity index (χ3v) is 4.47. The Morgan fingerprint density at radius 1 is 1.33 bits per heavy atom. The van der Waals surface area contributed by atoms with Crippen molar-refractivity contribution < 1.29 is 9.13 Å². The van der Waals surface area contributed by atoms with Crippen LogP contribution in [0.4, 0.5) is 4.39 Å². The first-order valence-corrected chi connectivity index (χ1v) is 6.52. The fraction of sp³-hybridized carbons (Fsp3) is 0.571. The minimum absolute atomic E-state index is 0.0799. The summed E-state index contributed by atoms with van der Waals surface area (Å²) in [5.41, 5.74) is 3.46. The average Bonchev–Trinajstić information content (AvgIpc) is 2.99. The lowest BCUT2D eigenvalue weighted by molar-refractivity contribution is 0.335. The van der Waals surface area contributed by atoms with E-state index in [9.17, 15) is 4.39 Å². The van der Waals surface area contributed by atoms with Crippen molar-refractivity contribution in [1.29, 1.82) is 0 Å². The normalized spacial score (nSPS) is 30.9. The molecule has 0 bridgehead atoms. The molecule has 2 fully saturated rings. The smallest absolute Gasteiger partial charge is 0.131 e. The molecule has 2 aliphatic carbocycles. The maximum atomic E-state index is 14.1. The predicted octanol–water partition coefficient (Wildman–Crippen LogP) is 2.38. The molecule has 0 aromatic heterocycles. The second-order valence-electron chi connectivity index (χ2n) is 5.52. The van der Waals surface area contributed by atoms with Crippen molar-refractivity contribution in [3.8, 4) is 5.75 Å². The van der Waals surface area contributed by atoms with Crippen molar-refractivity contribution in [3.05, 3.63) is 29.6 Å². The van der Waals surface area contributed by atoms with Crippen LogP contribution in [0.3, 0.4) is 0 Å². The summed E-state index contributed by atoms with van der Waals surface area (Å²) in [5, 5.41) is 0. The van der Waals surface area contributed by atoms with E-state index < -0.39 is 0 Å². The van der Waals surface area contributed by atoms with E-state index in [-0.39, 0.29) is 11.9 Å². The van der Waals surface area contributed by atoms with Gasteiger partial charge in [0.05, 0.1) is 13.2 Å². The maximum absolute atomic E-state index is 14.1. The number of fused-ring (bicyclic) bond motifs is 1. The lowest BCUT2D eigenvalue weighted by Gasteiger charge is -2.25. The van der Waals surface area contributed by atoms with Gasteiger partial charge in [0.25, 0.3) is 0 Å². The van der Waals surface area contributed by atoms with Crippen LogP contribution in [-0.2, 0) is 0 Å². The molecule has 3 N–H and O–H groups in total. The fourth-order valence-corrected chi connectivity index (χ4v) is 3.40. The van der Waals surface area contributed by atoms with E-state index in [4.69, 9.17) is 10.6 Å². The molecule has 0 aliphatic heterocycles. The zero-order chi connectivity index (χ0) is 12.7. The summed E-state index contributed by atoms with van der Waals surface area (Å²) < 4.78 is 19.1. The maximum Gasteiger partial charge on any atom is 0.131 e. The molecule has 4 heteroatoms. The molecule has 0 heterocycles. The summed E-state index contributed by atoms with van der Waals surface area (Å²) in [6.07, 6.45) is 3.70. The summed E-state index contributed by atoms with van der Waals surface area (Å²) in [6.45, 7) is 0. The van der Waals surface area contributed by atoms with Gasteiger partial charge in [0.1, 0.15) is 11.6 Å². The number of benzene rings is 1. The minimum Gasteiger partial charge on any atom is -0.497 e. The van der Waals surface area contributed by atoms with Gasteiger partial charge in [-0.25, -0.2) is 4.39 Å². The van der Waals surface area contributed by atoms with Crippen molar-refractivity contribution in [2.24, 2.45) is 23.6 Å². The first-order chi connectivity index (χ1) is 8.72. The molecule has 3 atom stereocenters. The van der Waals surface area contributed by atoms with E-state index in [1.54, 1.807) is 12.1 Å². The highest BCUT2D eigenvalue weighted by atomic mass is 19.1. The summed E-state index contributed by atoms with van der Waals surface area (Å²) in [5.74, 6) is 8.14. The van der Waals surface area contributed by atoms with E-state index in [1.165, 1.54) is 32.4 Å². The number of methoxy groups -OCH3 is 1. The number of hydrogen-bond acceptors (Lipinski definition) is 3. The molecule has 3 unspecified atom stereocenters. The largest absolute Gasteiger partial charge is 0.497 e. The first-order valence-electron chi connectivity index (χ1n) is 6.52. The molecule has 3 nitrogen and oxygen atoms in total. The molecule has 0 amide bonds. The van der Waals surface area contributed by atoms with Gasteiger partial charge in [0, 0.05) is 11.6 Å². The van der Waals surface area contributed by atoms with Crippen molar-refractivity contribution in [2.45, 2.75) is 25.3 Å². The van der Waals surface area contributed by atoms with Crippen LogP contribution in [0.2, 0.25) is 0 Å². The van der Waals surface area contributed by atoms with Gasteiger partial charge in [0.15, 0.2) is 0 Å². The highest BCUT2D eigenvalue weighted by molar-refractivity contribution is 5.31. The third kappa shape index (κ3) is 1.99. The van der Waals surface area contributed by atoms with Gasteiger partial charge in [-0.3, -0.25) is 11.3 Å². The van der Waals surface area contributed by atoms with Crippen LogP contribution in [0, 0.1) is 23.6 Å². The second kappa shape index (κ2) is 4.52. The number of ether oxygens (including phenoxy) is 1. The zero-order valence-corrected chi connectivity index (χ0v) is 10.5. The Morgan fingerprint density at radius 2 is 2.06 bits per heavy atom. The van der Waals surface area contributed by atoms with Crippen LogP contribution in [0.25, 0.3) is 0 Å². The molecular weight excluding hydrogens is 231 g/mol. The molecule has 0 radical (unpaired) electrons. The highest BCUT2D eigenvalue weighted by Gasteiger charge is 2.48. The average molecular weight is 250 g/mol. The Labute approximate surface area is 106 Å². The SMILES string of the molecule is COc1ccc(C(NN)C2CC3CC3C2)c(F)c1. The van der Waals surface area contributed by atoms with E-state index in [2.05, 4.69) is 5.43 Å². The van der Waals surface area contributed by atoms with Gasteiger partial charge < -0.3 is 4.74 Å². The molecule has 1 aromatic rings. The zero-order valence-electron chi connectivity index (χ0n) is 10.5. The van der Waals surface area contributed by atoms with Gasteiger partial charge in [-0.2, -0.15) is 0 Å². The van der Waals surface area contributed by atoms with Crippen LogP contribution in [0.1, 0.15) is 30.9 Å². The summed E-state index contributed by atoms with van der Waals surface area (Å²) >= 11 is 0. The van der Waals surface area contributed by atoms with Crippen LogP contribution in [-0.4, -0.2) is 7.11 Å². The Morgan fingerprint density at radius 3 is 2.61 bits per heavy atom. The molecule has 1 aromatic carbocycles. The Hall–Kier alpha value is -1.13.